The summed E-state index contributed by atoms with van der Waals surface area (Å²) in [5.41, 5.74) is 0. The van der Waals surface area contributed by atoms with Crippen LogP contribution in [0.5, 0.6) is 0 Å². The van der Waals surface area contributed by atoms with Crippen LogP contribution in [0.2, 0.25) is 0 Å². The molecule has 0 aromatic carbocycles. The topological polar surface area (TPSA) is 32.3 Å². The summed E-state index contributed by atoms with van der Waals surface area (Å²) in [6.07, 6.45) is 3.11. The van der Waals surface area contributed by atoms with E-state index in [4.69, 9.17) is 0 Å². The molecule has 0 aromatic heterocycles. The van der Waals surface area contributed by atoms with Gasteiger partial charge in [-0.25, -0.2) is 0 Å². The molecule has 2 aliphatic heterocycles. The Balaban J connectivity index is 1.54. The van der Waals surface area contributed by atoms with Gasteiger partial charge in [-0.15, -0.1) is 0 Å². The first-order valence-corrected chi connectivity index (χ1v) is 5.85. The predicted octanol–water partition coefficient (Wildman–Crippen LogP) is 0.464. The van der Waals surface area contributed by atoms with Crippen LogP contribution in [-0.4, -0.2) is 37.0 Å². The maximum atomic E-state index is 11.6. The molecule has 0 spiro atoms. The van der Waals surface area contributed by atoms with E-state index in [1.54, 1.807) is 0 Å². The molecule has 3 nitrogen and oxygen atoms in total. The molecule has 1 amide bonds. The minimum absolute atomic E-state index is 0.397. The van der Waals surface area contributed by atoms with Crippen molar-refractivity contribution in [3.63, 3.8) is 0 Å². The summed E-state index contributed by atoms with van der Waals surface area (Å²) in [7, 11) is 0. The molecule has 1 aliphatic carbocycles. The monoisotopic (exact) mass is 194 g/mol. The molecule has 3 rings (SSSR count). The van der Waals surface area contributed by atoms with Gasteiger partial charge >= 0.3 is 0 Å². The Morgan fingerprint density at radius 3 is 2.79 bits per heavy atom. The lowest BCUT2D eigenvalue weighted by Crippen LogP contribution is -2.38. The molecule has 1 N–H and O–H groups in total. The first-order chi connectivity index (χ1) is 6.86. The van der Waals surface area contributed by atoms with Crippen LogP contribution in [0.4, 0.5) is 0 Å². The summed E-state index contributed by atoms with van der Waals surface area (Å²) < 4.78 is 0. The van der Waals surface area contributed by atoms with Crippen molar-refractivity contribution < 1.29 is 4.79 Å². The fraction of sp³-hybridized carbons (Fsp3) is 0.909. The Bertz CT molecular complexity index is 244. The molecule has 3 fully saturated rings. The van der Waals surface area contributed by atoms with E-state index < -0.39 is 0 Å². The third kappa shape index (κ3) is 1.34. The molecule has 2 heterocycles. The minimum Gasteiger partial charge on any atom is -0.342 e. The van der Waals surface area contributed by atoms with E-state index in [0.29, 0.717) is 5.91 Å². The van der Waals surface area contributed by atoms with Crippen molar-refractivity contribution in [2.45, 2.75) is 19.3 Å². The molecule has 78 valence electrons. The fourth-order valence-corrected chi connectivity index (χ4v) is 3.13. The summed E-state index contributed by atoms with van der Waals surface area (Å²) in [6.45, 7) is 4.45. The second kappa shape index (κ2) is 3.23. The lowest BCUT2D eigenvalue weighted by atomic mass is 10.1. The second-order valence-electron chi connectivity index (χ2n) is 4.95. The number of hydrogen-bond acceptors (Lipinski definition) is 2. The van der Waals surface area contributed by atoms with Crippen molar-refractivity contribution >= 4 is 5.91 Å². The lowest BCUT2D eigenvalue weighted by Gasteiger charge is -2.27. The number of rotatable bonds is 2. The number of likely N-dealkylation sites (tertiary alicyclic amines) is 1. The first kappa shape index (κ1) is 8.72. The number of carbonyl (C=O) groups is 1. The van der Waals surface area contributed by atoms with Crippen molar-refractivity contribution in [3.05, 3.63) is 0 Å². The maximum absolute atomic E-state index is 11.6. The van der Waals surface area contributed by atoms with Gasteiger partial charge in [-0.3, -0.25) is 4.79 Å². The van der Waals surface area contributed by atoms with Crippen LogP contribution in [0.1, 0.15) is 19.3 Å². The lowest BCUT2D eigenvalue weighted by molar-refractivity contribution is -0.133. The highest BCUT2D eigenvalue weighted by atomic mass is 16.2. The zero-order valence-corrected chi connectivity index (χ0v) is 8.54. The second-order valence-corrected chi connectivity index (χ2v) is 4.95. The Hall–Kier alpha value is -0.570. The van der Waals surface area contributed by atoms with Gasteiger partial charge in [0.15, 0.2) is 0 Å². The number of nitrogens with one attached hydrogen (secondary N) is 1. The molecular formula is C11H18N2O. The average Bonchev–Trinajstić information content (AvgIpc) is 2.64. The maximum Gasteiger partial charge on any atom is 0.222 e. The summed E-state index contributed by atoms with van der Waals surface area (Å²) in [4.78, 5) is 13.7. The largest absolute Gasteiger partial charge is 0.342 e. The van der Waals surface area contributed by atoms with Crippen LogP contribution < -0.4 is 5.32 Å². The molecule has 2 unspecified atom stereocenters. The van der Waals surface area contributed by atoms with Crippen LogP contribution in [-0.2, 0) is 4.79 Å². The van der Waals surface area contributed by atoms with Crippen molar-refractivity contribution in [2.24, 2.45) is 17.8 Å². The zero-order valence-electron chi connectivity index (χ0n) is 8.54. The highest BCUT2D eigenvalue weighted by molar-refractivity contribution is 5.76. The number of piperidine rings is 2. The predicted molar refractivity (Wildman–Crippen MR) is 53.8 cm³/mol. The summed E-state index contributed by atoms with van der Waals surface area (Å²) in [5.74, 6) is 3.02. The Morgan fingerprint density at radius 1 is 1.29 bits per heavy atom. The molecule has 0 aromatic rings. The fourth-order valence-electron chi connectivity index (χ4n) is 3.13. The third-order valence-corrected chi connectivity index (χ3v) is 4.12. The van der Waals surface area contributed by atoms with Gasteiger partial charge in [0.1, 0.15) is 0 Å². The molecule has 3 aliphatic rings. The molecule has 0 bridgehead atoms. The molecule has 0 radical (unpaired) electrons. The molecular weight excluding hydrogens is 176 g/mol. The van der Waals surface area contributed by atoms with Crippen LogP contribution in [0.3, 0.4) is 0 Å². The number of fused-ring (bicyclic) bond motifs is 1. The molecule has 2 saturated heterocycles. The first-order valence-electron chi connectivity index (χ1n) is 5.85. The number of carbonyl (C=O) groups excluding carboxylic acids is 1. The SMILES string of the molecule is O=C1CCCCN1CC1C2CNCC21. The highest BCUT2D eigenvalue weighted by Gasteiger charge is 2.53. The average molecular weight is 194 g/mol. The van der Waals surface area contributed by atoms with Gasteiger partial charge in [0.05, 0.1) is 0 Å². The van der Waals surface area contributed by atoms with Crippen LogP contribution >= 0.6 is 0 Å². The van der Waals surface area contributed by atoms with Gasteiger partial charge in [-0.2, -0.15) is 0 Å². The summed E-state index contributed by atoms with van der Waals surface area (Å²) >= 11 is 0. The van der Waals surface area contributed by atoms with E-state index in [1.165, 1.54) is 19.5 Å². The van der Waals surface area contributed by atoms with Crippen LogP contribution in [0.25, 0.3) is 0 Å². The van der Waals surface area contributed by atoms with Crippen molar-refractivity contribution in [1.29, 1.82) is 0 Å². The van der Waals surface area contributed by atoms with E-state index in [0.717, 1.165) is 43.7 Å². The molecule has 1 saturated carbocycles. The third-order valence-electron chi connectivity index (χ3n) is 4.12. The van der Waals surface area contributed by atoms with Gasteiger partial charge in [-0.05, 0) is 43.7 Å². The number of amides is 1. The summed E-state index contributed by atoms with van der Waals surface area (Å²) in [6, 6.07) is 0. The normalized spacial score (nSPS) is 41.3. The van der Waals surface area contributed by atoms with E-state index in [2.05, 4.69) is 10.2 Å². The Kier molecular flexibility index (Phi) is 2.01. The van der Waals surface area contributed by atoms with E-state index >= 15 is 0 Å². The van der Waals surface area contributed by atoms with Crippen molar-refractivity contribution in [2.75, 3.05) is 26.2 Å². The van der Waals surface area contributed by atoms with Gasteiger partial charge in [0, 0.05) is 19.5 Å². The van der Waals surface area contributed by atoms with Crippen molar-refractivity contribution in [1.82, 2.24) is 10.2 Å². The molecule has 3 heteroatoms. The summed E-state index contributed by atoms with van der Waals surface area (Å²) in [5, 5.41) is 3.40. The van der Waals surface area contributed by atoms with E-state index in [-0.39, 0.29) is 0 Å². The minimum atomic E-state index is 0.397. The molecule has 2 atom stereocenters. The Morgan fingerprint density at radius 2 is 2.07 bits per heavy atom. The van der Waals surface area contributed by atoms with Crippen molar-refractivity contribution in [3.8, 4) is 0 Å². The molecule has 14 heavy (non-hydrogen) atoms. The van der Waals surface area contributed by atoms with Gasteiger partial charge in [0.2, 0.25) is 5.91 Å². The quantitative estimate of drug-likeness (QED) is 0.693. The van der Waals surface area contributed by atoms with E-state index in [1.807, 2.05) is 0 Å². The van der Waals surface area contributed by atoms with Gasteiger partial charge in [-0.1, -0.05) is 0 Å². The number of nitrogens with zero attached hydrogens (tertiary/aromatic N) is 1. The smallest absolute Gasteiger partial charge is 0.222 e. The Labute approximate surface area is 84.8 Å². The van der Waals surface area contributed by atoms with Crippen LogP contribution in [0, 0.1) is 17.8 Å². The zero-order chi connectivity index (χ0) is 9.54. The van der Waals surface area contributed by atoms with Gasteiger partial charge < -0.3 is 10.2 Å². The standard InChI is InChI=1S/C11H18N2O/c14-11-3-1-2-4-13(11)7-10-8-5-12-6-9(8)10/h8-10,12H,1-7H2. The van der Waals surface area contributed by atoms with E-state index in [9.17, 15) is 4.79 Å². The van der Waals surface area contributed by atoms with Gasteiger partial charge in [0.25, 0.3) is 0 Å². The van der Waals surface area contributed by atoms with Crippen LogP contribution in [0.15, 0.2) is 0 Å². The number of hydrogen-bond donors (Lipinski definition) is 1. The highest BCUT2D eigenvalue weighted by Crippen LogP contribution is 2.49.